The molecule has 0 radical (unpaired) electrons. The highest BCUT2D eigenvalue weighted by molar-refractivity contribution is 5.92. The summed E-state index contributed by atoms with van der Waals surface area (Å²) in [5.74, 6) is -3.24. The van der Waals surface area contributed by atoms with E-state index in [1.54, 1.807) is 0 Å². The highest BCUT2D eigenvalue weighted by atomic mass is 19.1. The maximum absolute atomic E-state index is 13.5. The number of hydrogen-bond acceptors (Lipinski definition) is 2. The Hall–Kier alpha value is -2.43. The predicted octanol–water partition coefficient (Wildman–Crippen LogP) is 3.04. The van der Waals surface area contributed by atoms with Crippen LogP contribution in [0.15, 0.2) is 36.4 Å². The van der Waals surface area contributed by atoms with Crippen LogP contribution in [0, 0.1) is 11.6 Å². The normalized spacial score (nSPS) is 10.3. The van der Waals surface area contributed by atoms with Crippen LogP contribution in [-0.4, -0.2) is 16.2 Å². The Labute approximate surface area is 101 Å². The molecule has 2 N–H and O–H groups in total. The van der Waals surface area contributed by atoms with E-state index in [0.29, 0.717) is 6.07 Å². The summed E-state index contributed by atoms with van der Waals surface area (Å²) in [5, 5.41) is 18.2. The van der Waals surface area contributed by atoms with Gasteiger partial charge in [0.2, 0.25) is 0 Å². The minimum Gasteiger partial charge on any atom is -0.507 e. The fraction of sp³-hybridized carbons (Fsp3) is 0. The van der Waals surface area contributed by atoms with Crippen LogP contribution in [0.3, 0.4) is 0 Å². The van der Waals surface area contributed by atoms with Gasteiger partial charge in [0.1, 0.15) is 22.9 Å². The van der Waals surface area contributed by atoms with Gasteiger partial charge in [0, 0.05) is 11.6 Å². The molecule has 5 heteroatoms. The summed E-state index contributed by atoms with van der Waals surface area (Å²) in [6, 6.07) is 6.64. The second-order valence-corrected chi connectivity index (χ2v) is 3.66. The largest absolute Gasteiger partial charge is 0.507 e. The smallest absolute Gasteiger partial charge is 0.339 e. The number of rotatable bonds is 2. The molecule has 2 rings (SSSR count). The van der Waals surface area contributed by atoms with Gasteiger partial charge in [-0.2, -0.15) is 0 Å². The van der Waals surface area contributed by atoms with Gasteiger partial charge in [-0.05, 0) is 29.8 Å². The van der Waals surface area contributed by atoms with E-state index >= 15 is 0 Å². The molecular weight excluding hydrogens is 248 g/mol. The topological polar surface area (TPSA) is 57.5 Å². The minimum absolute atomic E-state index is 0.0684. The molecule has 18 heavy (non-hydrogen) atoms. The lowest BCUT2D eigenvalue weighted by atomic mass is 10.2. The van der Waals surface area contributed by atoms with Gasteiger partial charge in [0.05, 0.1) is 0 Å². The van der Waals surface area contributed by atoms with E-state index in [1.165, 1.54) is 12.1 Å². The number of carboxylic acids is 1. The molecule has 0 spiro atoms. The van der Waals surface area contributed by atoms with Crippen molar-refractivity contribution in [3.8, 4) is 16.9 Å². The van der Waals surface area contributed by atoms with Crippen LogP contribution in [0.25, 0.3) is 11.1 Å². The third-order valence-electron chi connectivity index (χ3n) is 2.47. The third kappa shape index (κ3) is 2.15. The van der Waals surface area contributed by atoms with E-state index in [9.17, 15) is 18.7 Å². The average Bonchev–Trinajstić information content (AvgIpc) is 2.30. The number of benzene rings is 2. The van der Waals surface area contributed by atoms with Gasteiger partial charge in [0.15, 0.2) is 0 Å². The van der Waals surface area contributed by atoms with Crippen molar-refractivity contribution in [3.05, 3.63) is 53.6 Å². The van der Waals surface area contributed by atoms with Gasteiger partial charge >= 0.3 is 5.97 Å². The van der Waals surface area contributed by atoms with Gasteiger partial charge in [0.25, 0.3) is 0 Å². The van der Waals surface area contributed by atoms with Crippen LogP contribution in [0.1, 0.15) is 10.4 Å². The Balaban J connectivity index is 2.58. The number of carbonyl (C=O) groups is 1. The van der Waals surface area contributed by atoms with E-state index in [-0.39, 0.29) is 16.7 Å². The zero-order chi connectivity index (χ0) is 13.3. The standard InChI is InChI=1S/C13H8F2O3/c14-8-2-3-9(11(15)6-8)7-1-4-12(16)10(5-7)13(17)18/h1-6,16H,(H,17,18)/i1+1,4+1,5+1,7+1,10+1,12+1. The molecule has 0 heterocycles. The first kappa shape index (κ1) is 12.0. The van der Waals surface area contributed by atoms with Crippen molar-refractivity contribution in [1.29, 1.82) is 0 Å². The molecule has 2 aromatic carbocycles. The van der Waals surface area contributed by atoms with Crippen LogP contribution < -0.4 is 0 Å². The molecule has 0 aliphatic heterocycles. The molecule has 3 nitrogen and oxygen atoms in total. The number of aromatic carboxylic acids is 1. The number of hydrogen-bond donors (Lipinski definition) is 2. The zero-order valence-electron chi connectivity index (χ0n) is 9.02. The number of aromatic hydroxyl groups is 1. The maximum Gasteiger partial charge on any atom is 0.339 e. The Bertz CT molecular complexity index is 624. The lowest BCUT2D eigenvalue weighted by molar-refractivity contribution is 0.0694. The van der Waals surface area contributed by atoms with Crippen LogP contribution >= 0.6 is 0 Å². The van der Waals surface area contributed by atoms with Crippen molar-refractivity contribution in [1.82, 2.24) is 0 Å². The van der Waals surface area contributed by atoms with Crippen LogP contribution in [0.5, 0.6) is 5.75 Å². The van der Waals surface area contributed by atoms with E-state index < -0.39 is 23.4 Å². The highest BCUT2D eigenvalue weighted by Gasteiger charge is 2.13. The van der Waals surface area contributed by atoms with Crippen LogP contribution in [0.2, 0.25) is 0 Å². The Morgan fingerprint density at radius 3 is 2.39 bits per heavy atom. The molecule has 0 aromatic heterocycles. The molecule has 2 aromatic rings. The van der Waals surface area contributed by atoms with Gasteiger partial charge in [-0.1, -0.05) is 6.07 Å². The molecule has 0 unspecified atom stereocenters. The van der Waals surface area contributed by atoms with Gasteiger partial charge in [-0.15, -0.1) is 0 Å². The van der Waals surface area contributed by atoms with E-state index in [1.807, 2.05) is 0 Å². The third-order valence-corrected chi connectivity index (χ3v) is 2.47. The van der Waals surface area contributed by atoms with Crippen molar-refractivity contribution in [2.24, 2.45) is 0 Å². The minimum atomic E-state index is -1.32. The number of phenols is 1. The summed E-state index contributed by atoms with van der Waals surface area (Å²) < 4.78 is 26.3. The van der Waals surface area contributed by atoms with Crippen LogP contribution in [-0.2, 0) is 0 Å². The van der Waals surface area contributed by atoms with Crippen molar-refractivity contribution < 1.29 is 23.8 Å². The first-order chi connectivity index (χ1) is 8.49. The summed E-state index contributed by atoms with van der Waals surface area (Å²) in [4.78, 5) is 10.8. The molecule has 0 saturated heterocycles. The molecule has 92 valence electrons. The SMILES string of the molecule is O=C(O)[13c]1[13cH][13c](-c2ccc(F)cc2F)[13cH][13cH][13c]1O. The van der Waals surface area contributed by atoms with Gasteiger partial charge < -0.3 is 10.2 Å². The fourth-order valence-corrected chi connectivity index (χ4v) is 1.60. The molecule has 0 aliphatic carbocycles. The quantitative estimate of drug-likeness (QED) is 0.868. The van der Waals surface area contributed by atoms with Crippen LogP contribution in [0.4, 0.5) is 8.78 Å². The number of carboxylic acid groups (broad SMARTS) is 1. The maximum atomic E-state index is 13.5. The lowest BCUT2D eigenvalue weighted by Gasteiger charge is -2.06. The van der Waals surface area contributed by atoms with E-state index in [0.717, 1.165) is 18.2 Å². The summed E-state index contributed by atoms with van der Waals surface area (Å²) >= 11 is 0. The molecule has 0 fully saturated rings. The number of halogens is 2. The molecule has 0 atom stereocenters. The van der Waals surface area contributed by atoms with Gasteiger partial charge in [-0.3, -0.25) is 0 Å². The highest BCUT2D eigenvalue weighted by Crippen LogP contribution is 2.28. The average molecular weight is 256 g/mol. The lowest BCUT2D eigenvalue weighted by Crippen LogP contribution is -1.97. The zero-order valence-corrected chi connectivity index (χ0v) is 9.02. The van der Waals surface area contributed by atoms with E-state index in [2.05, 4.69) is 0 Å². The fourth-order valence-electron chi connectivity index (χ4n) is 1.60. The predicted molar refractivity (Wildman–Crippen MR) is 60.4 cm³/mol. The molecule has 0 saturated carbocycles. The van der Waals surface area contributed by atoms with Crippen molar-refractivity contribution >= 4 is 5.97 Å². The second-order valence-electron chi connectivity index (χ2n) is 3.66. The summed E-state index contributed by atoms with van der Waals surface area (Å²) in [6.45, 7) is 0. The Morgan fingerprint density at radius 1 is 1.06 bits per heavy atom. The summed E-state index contributed by atoms with van der Waals surface area (Å²) in [5.41, 5.74) is -0.0159. The van der Waals surface area contributed by atoms with Crippen molar-refractivity contribution in [2.75, 3.05) is 0 Å². The van der Waals surface area contributed by atoms with Crippen molar-refractivity contribution in [2.45, 2.75) is 0 Å². The first-order valence-corrected chi connectivity index (χ1v) is 5.01. The monoisotopic (exact) mass is 256 g/mol. The molecule has 0 bridgehead atoms. The first-order valence-electron chi connectivity index (χ1n) is 5.01. The second kappa shape index (κ2) is 4.44. The summed E-state index contributed by atoms with van der Waals surface area (Å²) in [7, 11) is 0. The molecule has 0 aliphatic rings. The van der Waals surface area contributed by atoms with Gasteiger partial charge in [-0.25, -0.2) is 13.6 Å². The summed E-state index contributed by atoms with van der Waals surface area (Å²) in [6.07, 6.45) is 0. The van der Waals surface area contributed by atoms with E-state index in [4.69, 9.17) is 5.11 Å². The Kier molecular flexibility index (Phi) is 2.97. The Morgan fingerprint density at radius 2 is 1.78 bits per heavy atom. The molecule has 0 amide bonds. The molecular formula is C13H8F2O3. The van der Waals surface area contributed by atoms with Crippen molar-refractivity contribution in [3.63, 3.8) is 0 Å².